The fourth-order valence-electron chi connectivity index (χ4n) is 1.11. The van der Waals surface area contributed by atoms with Gasteiger partial charge in [-0.3, -0.25) is 15.7 Å². The zero-order valence-corrected chi connectivity index (χ0v) is 11.7. The summed E-state index contributed by atoms with van der Waals surface area (Å²) in [5.41, 5.74) is -0.0533. The van der Waals surface area contributed by atoms with Gasteiger partial charge in [0.2, 0.25) is 0 Å². The van der Waals surface area contributed by atoms with E-state index in [0.717, 1.165) is 0 Å². The van der Waals surface area contributed by atoms with Gasteiger partial charge in [-0.2, -0.15) is 5.26 Å². The van der Waals surface area contributed by atoms with Gasteiger partial charge in [-0.25, -0.2) is 4.79 Å². The van der Waals surface area contributed by atoms with Gasteiger partial charge in [0.1, 0.15) is 11.3 Å². The molecule has 0 fully saturated rings. The van der Waals surface area contributed by atoms with Crippen molar-refractivity contribution in [2.24, 2.45) is 0 Å². The first-order valence-electron chi connectivity index (χ1n) is 5.27. The van der Waals surface area contributed by atoms with Crippen LogP contribution in [0.25, 0.3) is 0 Å². The normalized spacial score (nSPS) is 9.79. The summed E-state index contributed by atoms with van der Waals surface area (Å²) >= 11 is 0. The third-order valence-electron chi connectivity index (χ3n) is 1.77. The topological polar surface area (TPSA) is 98.9 Å². The number of carbonyl (C=O) groups excluding carboxylic acids is 1. The Morgan fingerprint density at radius 2 is 2.16 bits per heavy atom. The van der Waals surface area contributed by atoms with Gasteiger partial charge >= 0.3 is 6.09 Å². The maximum Gasteiger partial charge on any atom is 0.413 e. The summed E-state index contributed by atoms with van der Waals surface area (Å²) in [5.74, 6) is -0.207. The third-order valence-corrected chi connectivity index (χ3v) is 1.77. The number of ether oxygens (including phenoxy) is 1. The summed E-state index contributed by atoms with van der Waals surface area (Å²) in [6.07, 6.45) is 0.677. The molecule has 7 heteroatoms. The molecule has 0 aliphatic rings. The van der Waals surface area contributed by atoms with E-state index in [4.69, 9.17) is 15.4 Å². The van der Waals surface area contributed by atoms with E-state index in [2.05, 4.69) is 10.3 Å². The lowest BCUT2D eigenvalue weighted by Gasteiger charge is -2.19. The van der Waals surface area contributed by atoms with Gasteiger partial charge in [0.25, 0.3) is 0 Å². The van der Waals surface area contributed by atoms with Crippen molar-refractivity contribution in [1.29, 1.82) is 10.7 Å². The summed E-state index contributed by atoms with van der Waals surface area (Å²) < 4.78 is 5.00. The quantitative estimate of drug-likeness (QED) is 0.609. The first-order valence-corrected chi connectivity index (χ1v) is 5.27. The first-order chi connectivity index (χ1) is 8.31. The van der Waals surface area contributed by atoms with E-state index in [-0.39, 0.29) is 23.9 Å². The van der Waals surface area contributed by atoms with E-state index >= 15 is 0 Å². The monoisotopic (exact) mass is 282 g/mol. The summed E-state index contributed by atoms with van der Waals surface area (Å²) in [4.78, 5) is 15.3. The number of nitrogens with one attached hydrogen (secondary N) is 2. The van der Waals surface area contributed by atoms with Crippen molar-refractivity contribution in [1.82, 2.24) is 10.3 Å². The van der Waals surface area contributed by atoms with E-state index in [0.29, 0.717) is 5.56 Å². The predicted octanol–water partition coefficient (Wildman–Crippen LogP) is 2.23. The fraction of sp³-hybridized carbons (Fsp3) is 0.333. The zero-order chi connectivity index (χ0) is 13.8. The van der Waals surface area contributed by atoms with Gasteiger partial charge in [0.05, 0.1) is 11.6 Å². The van der Waals surface area contributed by atoms with E-state index in [1.54, 1.807) is 20.8 Å². The highest BCUT2D eigenvalue weighted by molar-refractivity contribution is 6.03. The fourth-order valence-corrected chi connectivity index (χ4v) is 1.11. The minimum atomic E-state index is -0.725. The molecular formula is C12H15ClN4O2. The first kappa shape index (κ1) is 16.9. The molecule has 1 aromatic heterocycles. The lowest BCUT2D eigenvalue weighted by Crippen LogP contribution is -2.36. The highest BCUT2D eigenvalue weighted by Gasteiger charge is 2.17. The third kappa shape index (κ3) is 5.84. The van der Waals surface area contributed by atoms with Gasteiger partial charge in [-0.05, 0) is 32.9 Å². The van der Waals surface area contributed by atoms with Crippen LogP contribution < -0.4 is 5.32 Å². The smallest absolute Gasteiger partial charge is 0.413 e. The molecule has 102 valence electrons. The lowest BCUT2D eigenvalue weighted by atomic mass is 10.2. The predicted molar refractivity (Wildman–Crippen MR) is 72.4 cm³/mol. The Morgan fingerprint density at radius 1 is 1.53 bits per heavy atom. The molecule has 0 aromatic carbocycles. The number of nitrogens with zero attached hydrogens (tertiary/aromatic N) is 2. The lowest BCUT2D eigenvalue weighted by molar-refractivity contribution is 0.0563. The molecule has 2 N–H and O–H groups in total. The van der Waals surface area contributed by atoms with E-state index in [1.807, 2.05) is 6.07 Å². The molecule has 0 saturated heterocycles. The Hall–Kier alpha value is -2.13. The number of halogens is 1. The molecule has 0 unspecified atom stereocenters. The Bertz CT molecular complexity index is 517. The zero-order valence-electron chi connectivity index (χ0n) is 10.9. The van der Waals surface area contributed by atoms with Crippen molar-refractivity contribution in [2.75, 3.05) is 0 Å². The van der Waals surface area contributed by atoms with Gasteiger partial charge in [-0.1, -0.05) is 0 Å². The Balaban J connectivity index is 0.00000324. The summed E-state index contributed by atoms with van der Waals surface area (Å²) in [6, 6.07) is 4.87. The number of amides is 1. The molecule has 0 saturated carbocycles. The number of rotatable bonds is 1. The number of amidine groups is 1. The van der Waals surface area contributed by atoms with Gasteiger partial charge < -0.3 is 4.74 Å². The van der Waals surface area contributed by atoms with Crippen molar-refractivity contribution >= 4 is 24.3 Å². The van der Waals surface area contributed by atoms with Gasteiger partial charge in [-0.15, -0.1) is 12.4 Å². The molecule has 19 heavy (non-hydrogen) atoms. The van der Waals surface area contributed by atoms with Crippen LogP contribution in [0.15, 0.2) is 18.3 Å². The molecular weight excluding hydrogens is 268 g/mol. The van der Waals surface area contributed by atoms with Crippen molar-refractivity contribution < 1.29 is 9.53 Å². The van der Waals surface area contributed by atoms with Crippen LogP contribution >= 0.6 is 12.4 Å². The molecule has 0 atom stereocenters. The molecule has 1 rings (SSSR count). The van der Waals surface area contributed by atoms with E-state index < -0.39 is 11.7 Å². The molecule has 6 nitrogen and oxygen atoms in total. The van der Waals surface area contributed by atoms with Gasteiger partial charge in [0.15, 0.2) is 5.84 Å². The molecule has 0 radical (unpaired) electrons. The molecule has 0 bridgehead atoms. The number of nitriles is 1. The summed E-state index contributed by atoms with van der Waals surface area (Å²) in [5, 5.41) is 18.6. The van der Waals surface area contributed by atoms with Crippen molar-refractivity contribution in [3.05, 3.63) is 29.6 Å². The largest absolute Gasteiger partial charge is 0.444 e. The van der Waals surface area contributed by atoms with Crippen LogP contribution in [0.5, 0.6) is 0 Å². The number of pyridine rings is 1. The molecule has 1 heterocycles. The Kier molecular flexibility index (Phi) is 5.96. The standard InChI is InChI=1S/C12H14N4O2.ClH/c1-12(2,3)18-11(17)16-10(14)9-6-8(7-13)4-5-15-9;/h4-6H,1-3H3,(H2,14,16,17);1H. The second-order valence-corrected chi connectivity index (χ2v) is 4.54. The van der Waals surface area contributed by atoms with Crippen LogP contribution in [0.2, 0.25) is 0 Å². The SMILES string of the molecule is CC(C)(C)OC(=O)NC(=N)c1cc(C#N)ccn1.Cl. The Labute approximate surface area is 117 Å². The van der Waals surface area contributed by atoms with Gasteiger partial charge in [0, 0.05) is 6.20 Å². The van der Waals surface area contributed by atoms with Crippen LogP contribution in [0.1, 0.15) is 32.0 Å². The Morgan fingerprint density at radius 3 is 2.68 bits per heavy atom. The molecule has 1 amide bonds. The molecule has 0 aliphatic carbocycles. The van der Waals surface area contributed by atoms with Crippen LogP contribution in [-0.2, 0) is 4.74 Å². The molecule has 0 aliphatic heterocycles. The summed E-state index contributed by atoms with van der Waals surface area (Å²) in [6.45, 7) is 5.18. The average Bonchev–Trinajstić information content (AvgIpc) is 2.26. The van der Waals surface area contributed by atoms with E-state index in [9.17, 15) is 4.79 Å². The highest BCUT2D eigenvalue weighted by atomic mass is 35.5. The second kappa shape index (κ2) is 6.71. The minimum Gasteiger partial charge on any atom is -0.444 e. The minimum absolute atomic E-state index is 0. The highest BCUT2D eigenvalue weighted by Crippen LogP contribution is 2.07. The average molecular weight is 283 g/mol. The maximum atomic E-state index is 11.4. The summed E-state index contributed by atoms with van der Waals surface area (Å²) in [7, 11) is 0. The van der Waals surface area contributed by atoms with E-state index in [1.165, 1.54) is 18.3 Å². The van der Waals surface area contributed by atoms with Crippen LogP contribution in [-0.4, -0.2) is 22.5 Å². The number of aromatic nitrogens is 1. The van der Waals surface area contributed by atoms with Crippen LogP contribution in [0.4, 0.5) is 4.79 Å². The maximum absolute atomic E-state index is 11.4. The molecule has 0 spiro atoms. The number of alkyl carbamates (subject to hydrolysis) is 1. The van der Waals surface area contributed by atoms with Crippen molar-refractivity contribution in [3.8, 4) is 6.07 Å². The number of hydrogen-bond acceptors (Lipinski definition) is 5. The van der Waals surface area contributed by atoms with Crippen molar-refractivity contribution in [3.63, 3.8) is 0 Å². The van der Waals surface area contributed by atoms with Crippen LogP contribution in [0.3, 0.4) is 0 Å². The van der Waals surface area contributed by atoms with Crippen molar-refractivity contribution in [2.45, 2.75) is 26.4 Å². The number of carbonyl (C=O) groups is 1. The second-order valence-electron chi connectivity index (χ2n) is 4.54. The van der Waals surface area contributed by atoms with Crippen LogP contribution in [0, 0.1) is 16.7 Å². The molecule has 1 aromatic rings. The number of hydrogen-bond donors (Lipinski definition) is 2.